The van der Waals surface area contributed by atoms with Gasteiger partial charge in [-0.2, -0.15) is 0 Å². The Bertz CT molecular complexity index is 937. The van der Waals surface area contributed by atoms with Gasteiger partial charge in [-0.25, -0.2) is 9.97 Å². The van der Waals surface area contributed by atoms with Gasteiger partial charge < -0.3 is 21.3 Å². The first kappa shape index (κ1) is 19.6. The number of carbonyl (C=O) groups excluding carboxylic acids is 1. The van der Waals surface area contributed by atoms with Crippen LogP contribution in [0.15, 0.2) is 30.6 Å². The van der Waals surface area contributed by atoms with Crippen LogP contribution in [-0.2, 0) is 11.2 Å². The minimum atomic E-state index is -0.857. The standard InChI is InChI=1S/C22H27ClN6O/c23-16-5-3-15(4-6-16)18(14-1-2-14)28-21(30)22(24)8-11-29(12-9-22)20-17-7-10-25-19(17)26-13-27-20/h3-6,13-14,18H,1-2,7-12,24H2,(H,28,30)(H,25,26,27). The van der Waals surface area contributed by atoms with E-state index in [0.29, 0.717) is 36.9 Å². The van der Waals surface area contributed by atoms with Crippen LogP contribution < -0.4 is 21.3 Å². The third-order valence-electron chi connectivity index (χ3n) is 6.61. The first-order valence-corrected chi connectivity index (χ1v) is 11.1. The zero-order valence-electron chi connectivity index (χ0n) is 16.9. The zero-order chi connectivity index (χ0) is 20.7. The molecule has 8 heteroatoms. The number of carbonyl (C=O) groups is 1. The van der Waals surface area contributed by atoms with Crippen LogP contribution >= 0.6 is 11.6 Å². The largest absolute Gasteiger partial charge is 0.369 e. The first-order chi connectivity index (χ1) is 14.5. The number of nitrogens with zero attached hydrogens (tertiary/aromatic N) is 3. The number of rotatable bonds is 5. The molecule has 30 heavy (non-hydrogen) atoms. The number of benzene rings is 1. The summed E-state index contributed by atoms with van der Waals surface area (Å²) >= 11 is 6.04. The van der Waals surface area contributed by atoms with Gasteiger partial charge in [0, 0.05) is 30.2 Å². The van der Waals surface area contributed by atoms with Crippen molar-refractivity contribution in [1.82, 2.24) is 15.3 Å². The smallest absolute Gasteiger partial charge is 0.240 e. The highest BCUT2D eigenvalue weighted by Crippen LogP contribution is 2.41. The molecule has 7 nitrogen and oxygen atoms in total. The van der Waals surface area contributed by atoms with Gasteiger partial charge in [0.05, 0.1) is 11.6 Å². The van der Waals surface area contributed by atoms with Crippen molar-refractivity contribution in [3.8, 4) is 0 Å². The lowest BCUT2D eigenvalue weighted by atomic mass is 9.86. The average Bonchev–Trinajstić information content (AvgIpc) is 3.48. The van der Waals surface area contributed by atoms with E-state index in [-0.39, 0.29) is 11.9 Å². The van der Waals surface area contributed by atoms with E-state index in [4.69, 9.17) is 17.3 Å². The quantitative estimate of drug-likeness (QED) is 0.680. The summed E-state index contributed by atoms with van der Waals surface area (Å²) in [6.07, 6.45) is 6.00. The lowest BCUT2D eigenvalue weighted by Gasteiger charge is -2.39. The average molecular weight is 427 g/mol. The molecule has 1 saturated carbocycles. The van der Waals surface area contributed by atoms with Crippen LogP contribution in [0.3, 0.4) is 0 Å². The zero-order valence-corrected chi connectivity index (χ0v) is 17.7. The topological polar surface area (TPSA) is 96.2 Å². The van der Waals surface area contributed by atoms with Crippen molar-refractivity contribution < 1.29 is 4.79 Å². The van der Waals surface area contributed by atoms with E-state index in [0.717, 1.165) is 43.0 Å². The molecule has 1 aromatic heterocycles. The summed E-state index contributed by atoms with van der Waals surface area (Å²) in [4.78, 5) is 24.3. The summed E-state index contributed by atoms with van der Waals surface area (Å²) in [5, 5.41) is 7.26. The van der Waals surface area contributed by atoms with E-state index in [9.17, 15) is 4.79 Å². The van der Waals surface area contributed by atoms with Gasteiger partial charge in [0.15, 0.2) is 0 Å². The van der Waals surface area contributed by atoms with Crippen molar-refractivity contribution in [3.63, 3.8) is 0 Å². The maximum absolute atomic E-state index is 13.2. The van der Waals surface area contributed by atoms with E-state index in [2.05, 4.69) is 25.5 Å². The normalized spacial score (nSPS) is 20.9. The maximum atomic E-state index is 13.2. The second-order valence-corrected chi connectivity index (χ2v) is 9.12. The Labute approximate surface area is 181 Å². The molecule has 158 valence electrons. The number of nitrogens with two attached hydrogens (primary N) is 1. The number of anilines is 2. The van der Waals surface area contributed by atoms with Crippen LogP contribution in [0, 0.1) is 5.92 Å². The van der Waals surface area contributed by atoms with Crippen molar-refractivity contribution in [2.24, 2.45) is 11.7 Å². The van der Waals surface area contributed by atoms with Crippen molar-refractivity contribution in [3.05, 3.63) is 46.7 Å². The van der Waals surface area contributed by atoms with E-state index in [1.54, 1.807) is 6.33 Å². The Morgan fingerprint density at radius 2 is 1.97 bits per heavy atom. The van der Waals surface area contributed by atoms with Crippen molar-refractivity contribution >= 4 is 29.1 Å². The number of nitrogens with one attached hydrogen (secondary N) is 2. The molecule has 0 radical (unpaired) electrons. The molecular weight excluding hydrogens is 400 g/mol. The van der Waals surface area contributed by atoms with Crippen LogP contribution in [0.25, 0.3) is 0 Å². The van der Waals surface area contributed by atoms with Gasteiger partial charge in [-0.3, -0.25) is 4.79 Å². The highest BCUT2D eigenvalue weighted by Gasteiger charge is 2.42. The molecule has 2 aromatic rings. The molecule has 2 fully saturated rings. The van der Waals surface area contributed by atoms with Gasteiger partial charge in [-0.15, -0.1) is 0 Å². The molecule has 1 saturated heterocycles. The van der Waals surface area contributed by atoms with Crippen molar-refractivity contribution in [1.29, 1.82) is 0 Å². The van der Waals surface area contributed by atoms with Crippen LogP contribution in [0.5, 0.6) is 0 Å². The monoisotopic (exact) mass is 426 g/mol. The number of piperidine rings is 1. The van der Waals surface area contributed by atoms with Crippen LogP contribution in [0.4, 0.5) is 11.6 Å². The molecule has 1 aliphatic carbocycles. The lowest BCUT2D eigenvalue weighted by Crippen LogP contribution is -2.60. The Kier molecular flexibility index (Phi) is 5.03. The number of fused-ring (bicyclic) bond motifs is 1. The number of hydrogen-bond acceptors (Lipinski definition) is 6. The number of halogens is 1. The Balaban J connectivity index is 1.26. The van der Waals surface area contributed by atoms with Crippen LogP contribution in [0.2, 0.25) is 5.02 Å². The second-order valence-electron chi connectivity index (χ2n) is 8.68. The van der Waals surface area contributed by atoms with E-state index >= 15 is 0 Å². The van der Waals surface area contributed by atoms with Crippen molar-refractivity contribution in [2.45, 2.75) is 43.7 Å². The summed E-state index contributed by atoms with van der Waals surface area (Å²) < 4.78 is 0. The molecule has 4 N–H and O–H groups in total. The van der Waals surface area contributed by atoms with Gasteiger partial charge in [-0.1, -0.05) is 23.7 Å². The van der Waals surface area contributed by atoms with Gasteiger partial charge in [0.25, 0.3) is 0 Å². The molecule has 1 atom stereocenters. The molecule has 2 aliphatic heterocycles. The number of amides is 1. The van der Waals surface area contributed by atoms with E-state index < -0.39 is 5.54 Å². The lowest BCUT2D eigenvalue weighted by molar-refractivity contribution is -0.128. The predicted molar refractivity (Wildman–Crippen MR) is 118 cm³/mol. The number of hydrogen-bond donors (Lipinski definition) is 3. The highest BCUT2D eigenvalue weighted by atomic mass is 35.5. The second kappa shape index (κ2) is 7.71. The summed E-state index contributed by atoms with van der Waals surface area (Å²) in [5.41, 5.74) is 8.03. The molecule has 0 bridgehead atoms. The molecule has 3 heterocycles. The minimum absolute atomic E-state index is 0.00410. The van der Waals surface area contributed by atoms with Gasteiger partial charge in [0.2, 0.25) is 5.91 Å². The fourth-order valence-electron chi connectivity index (χ4n) is 4.57. The Morgan fingerprint density at radius 3 is 2.67 bits per heavy atom. The molecule has 0 spiro atoms. The molecular formula is C22H27ClN6O. The van der Waals surface area contributed by atoms with Gasteiger partial charge in [0.1, 0.15) is 18.0 Å². The molecule has 1 unspecified atom stereocenters. The number of aromatic nitrogens is 2. The van der Waals surface area contributed by atoms with Crippen LogP contribution in [0.1, 0.15) is 42.9 Å². The highest BCUT2D eigenvalue weighted by molar-refractivity contribution is 6.30. The molecule has 3 aliphatic rings. The van der Waals surface area contributed by atoms with Gasteiger partial charge in [-0.05, 0) is 55.7 Å². The molecule has 1 aromatic carbocycles. The van der Waals surface area contributed by atoms with Crippen molar-refractivity contribution in [2.75, 3.05) is 29.9 Å². The Morgan fingerprint density at radius 1 is 1.23 bits per heavy atom. The minimum Gasteiger partial charge on any atom is -0.369 e. The van der Waals surface area contributed by atoms with E-state index in [1.165, 1.54) is 5.56 Å². The summed E-state index contributed by atoms with van der Waals surface area (Å²) in [7, 11) is 0. The van der Waals surface area contributed by atoms with Gasteiger partial charge >= 0.3 is 0 Å². The molecule has 1 amide bonds. The Hall–Kier alpha value is -2.38. The van der Waals surface area contributed by atoms with E-state index in [1.807, 2.05) is 24.3 Å². The van der Waals surface area contributed by atoms with Crippen LogP contribution in [-0.4, -0.2) is 41.0 Å². The SMILES string of the molecule is NC1(C(=O)NC(c2ccc(Cl)cc2)C2CC2)CCN(c2ncnc3c2CCN3)CC1. The third-order valence-corrected chi connectivity index (χ3v) is 6.86. The summed E-state index contributed by atoms with van der Waals surface area (Å²) in [6.45, 7) is 2.32. The summed E-state index contributed by atoms with van der Waals surface area (Å²) in [6, 6.07) is 7.76. The third kappa shape index (κ3) is 3.72. The molecule has 5 rings (SSSR count). The maximum Gasteiger partial charge on any atom is 0.240 e. The fraction of sp³-hybridized carbons (Fsp3) is 0.500. The summed E-state index contributed by atoms with van der Waals surface area (Å²) in [5.74, 6) is 2.33. The fourth-order valence-corrected chi connectivity index (χ4v) is 4.69. The predicted octanol–water partition coefficient (Wildman–Crippen LogP) is 2.66. The first-order valence-electron chi connectivity index (χ1n) is 10.7.